The molecule has 0 unspecified atom stereocenters. The number of phenols is 1. The fourth-order valence-electron chi connectivity index (χ4n) is 2.01. The molecule has 0 atom stereocenters. The van der Waals surface area contributed by atoms with Crippen LogP contribution in [0.25, 0.3) is 0 Å². The Kier molecular flexibility index (Phi) is 4.93. The van der Waals surface area contributed by atoms with Crippen molar-refractivity contribution in [2.24, 2.45) is 0 Å². The zero-order valence-electron chi connectivity index (χ0n) is 12.5. The van der Waals surface area contributed by atoms with Crippen LogP contribution in [0.5, 0.6) is 5.75 Å². The van der Waals surface area contributed by atoms with Crippen molar-refractivity contribution in [1.29, 1.82) is 0 Å². The van der Waals surface area contributed by atoms with Crippen molar-refractivity contribution in [3.8, 4) is 5.75 Å². The van der Waals surface area contributed by atoms with Crippen LogP contribution in [0.2, 0.25) is 0 Å². The lowest BCUT2D eigenvalue weighted by atomic mass is 9.79. The maximum atomic E-state index is 12.0. The number of hydrogen-bond acceptors (Lipinski definition) is 3. The molecule has 1 aromatic carbocycles. The number of aryl methyl sites for hydroxylation is 1. The number of ketones is 1. The summed E-state index contributed by atoms with van der Waals surface area (Å²) in [5.74, 6) is -0.974. The minimum Gasteiger partial charge on any atom is -0.507 e. The van der Waals surface area contributed by atoms with Crippen LogP contribution in [-0.2, 0) is 10.2 Å². The maximum Gasteiger partial charge on any atom is 0.303 e. The molecule has 0 aliphatic heterocycles. The second-order valence-corrected chi connectivity index (χ2v) is 5.74. The Hall–Kier alpha value is -1.84. The standard InChI is InChI=1S/C16H22O4/c1-5-16(3,4)12-9-11(8-10(2)15(12)20)13(17)6-7-14(18)19/h8-9,20H,5-7H2,1-4H3,(H,18,19). The molecule has 0 spiro atoms. The van der Waals surface area contributed by atoms with E-state index < -0.39 is 5.97 Å². The van der Waals surface area contributed by atoms with Gasteiger partial charge in [-0.1, -0.05) is 20.8 Å². The quantitative estimate of drug-likeness (QED) is 0.782. The number of Topliss-reactive ketones (excluding diaryl/α,β-unsaturated/α-hetero) is 1. The van der Waals surface area contributed by atoms with E-state index in [1.807, 2.05) is 20.8 Å². The Morgan fingerprint density at radius 3 is 2.30 bits per heavy atom. The van der Waals surface area contributed by atoms with Crippen LogP contribution < -0.4 is 0 Å². The molecule has 4 heteroatoms. The first-order chi connectivity index (χ1) is 9.19. The summed E-state index contributed by atoms with van der Waals surface area (Å²) in [7, 11) is 0. The van der Waals surface area contributed by atoms with E-state index in [2.05, 4.69) is 0 Å². The third-order valence-electron chi connectivity index (χ3n) is 3.80. The molecule has 0 aromatic heterocycles. The van der Waals surface area contributed by atoms with Gasteiger partial charge in [0.1, 0.15) is 5.75 Å². The van der Waals surface area contributed by atoms with Crippen molar-refractivity contribution in [3.05, 3.63) is 28.8 Å². The van der Waals surface area contributed by atoms with Gasteiger partial charge in [0.2, 0.25) is 0 Å². The van der Waals surface area contributed by atoms with Crippen molar-refractivity contribution in [2.45, 2.75) is 52.4 Å². The molecule has 1 rings (SSSR count). The Labute approximate surface area is 119 Å². The van der Waals surface area contributed by atoms with Crippen LogP contribution in [0.3, 0.4) is 0 Å². The summed E-state index contributed by atoms with van der Waals surface area (Å²) in [5, 5.41) is 18.8. The number of rotatable bonds is 6. The van der Waals surface area contributed by atoms with E-state index in [4.69, 9.17) is 5.11 Å². The van der Waals surface area contributed by atoms with E-state index in [0.29, 0.717) is 11.1 Å². The molecule has 110 valence electrons. The van der Waals surface area contributed by atoms with Gasteiger partial charge in [0, 0.05) is 17.5 Å². The second kappa shape index (κ2) is 6.07. The van der Waals surface area contributed by atoms with Gasteiger partial charge < -0.3 is 10.2 Å². The summed E-state index contributed by atoms with van der Waals surface area (Å²) >= 11 is 0. The van der Waals surface area contributed by atoms with Crippen LogP contribution in [-0.4, -0.2) is 22.0 Å². The number of carboxylic acids is 1. The van der Waals surface area contributed by atoms with E-state index in [-0.39, 0.29) is 29.8 Å². The predicted octanol–water partition coefficient (Wildman–Crippen LogP) is 3.44. The Morgan fingerprint density at radius 1 is 1.20 bits per heavy atom. The van der Waals surface area contributed by atoms with Crippen LogP contribution in [0.15, 0.2) is 12.1 Å². The summed E-state index contributed by atoms with van der Waals surface area (Å²) in [4.78, 5) is 22.6. The smallest absolute Gasteiger partial charge is 0.303 e. The van der Waals surface area contributed by atoms with Gasteiger partial charge in [0.05, 0.1) is 6.42 Å². The summed E-state index contributed by atoms with van der Waals surface area (Å²) in [6.07, 6.45) is 0.629. The summed E-state index contributed by atoms with van der Waals surface area (Å²) < 4.78 is 0. The van der Waals surface area contributed by atoms with Gasteiger partial charge >= 0.3 is 5.97 Å². The normalized spacial score (nSPS) is 11.4. The fraction of sp³-hybridized carbons (Fsp3) is 0.500. The molecule has 0 fully saturated rings. The average Bonchev–Trinajstić information content (AvgIpc) is 2.38. The molecule has 0 bridgehead atoms. The highest BCUT2D eigenvalue weighted by Crippen LogP contribution is 2.36. The minimum atomic E-state index is -0.983. The highest BCUT2D eigenvalue weighted by Gasteiger charge is 2.24. The SMILES string of the molecule is CCC(C)(C)c1cc(C(=O)CCC(=O)O)cc(C)c1O. The zero-order valence-corrected chi connectivity index (χ0v) is 12.5. The number of carboxylic acid groups (broad SMARTS) is 1. The van der Waals surface area contributed by atoms with Crippen LogP contribution >= 0.6 is 0 Å². The monoisotopic (exact) mass is 278 g/mol. The number of benzene rings is 1. The Morgan fingerprint density at radius 2 is 1.80 bits per heavy atom. The van der Waals surface area contributed by atoms with Crippen LogP contribution in [0.4, 0.5) is 0 Å². The zero-order chi connectivity index (χ0) is 15.5. The van der Waals surface area contributed by atoms with Crippen molar-refractivity contribution >= 4 is 11.8 Å². The fourth-order valence-corrected chi connectivity index (χ4v) is 2.01. The van der Waals surface area contributed by atoms with Gasteiger partial charge in [-0.25, -0.2) is 0 Å². The molecule has 0 saturated heterocycles. The van der Waals surface area contributed by atoms with Crippen LogP contribution in [0.1, 0.15) is 61.5 Å². The maximum absolute atomic E-state index is 12.0. The third-order valence-corrected chi connectivity index (χ3v) is 3.80. The lowest BCUT2D eigenvalue weighted by molar-refractivity contribution is -0.136. The lowest BCUT2D eigenvalue weighted by Gasteiger charge is -2.25. The largest absolute Gasteiger partial charge is 0.507 e. The molecule has 0 radical (unpaired) electrons. The van der Waals surface area contributed by atoms with Gasteiger partial charge in [0.25, 0.3) is 0 Å². The lowest BCUT2D eigenvalue weighted by Crippen LogP contribution is -2.17. The van der Waals surface area contributed by atoms with Crippen molar-refractivity contribution in [1.82, 2.24) is 0 Å². The molecule has 4 nitrogen and oxygen atoms in total. The number of aromatic hydroxyl groups is 1. The summed E-state index contributed by atoms with van der Waals surface area (Å²) in [6.45, 7) is 7.78. The average molecular weight is 278 g/mol. The van der Waals surface area contributed by atoms with Crippen molar-refractivity contribution < 1.29 is 19.8 Å². The molecule has 0 heterocycles. The highest BCUT2D eigenvalue weighted by molar-refractivity contribution is 5.98. The molecule has 20 heavy (non-hydrogen) atoms. The third kappa shape index (κ3) is 3.59. The molecule has 0 saturated carbocycles. The predicted molar refractivity (Wildman–Crippen MR) is 77.4 cm³/mol. The van der Waals surface area contributed by atoms with Gasteiger partial charge in [-0.05, 0) is 36.5 Å². The van der Waals surface area contributed by atoms with Gasteiger partial charge in [-0.2, -0.15) is 0 Å². The number of aliphatic carboxylic acids is 1. The van der Waals surface area contributed by atoms with E-state index in [9.17, 15) is 14.7 Å². The molecule has 1 aromatic rings. The van der Waals surface area contributed by atoms with Gasteiger partial charge in [0.15, 0.2) is 5.78 Å². The minimum absolute atomic E-state index is 0.0223. The van der Waals surface area contributed by atoms with Gasteiger partial charge in [-0.3, -0.25) is 9.59 Å². The first kappa shape index (κ1) is 16.2. The highest BCUT2D eigenvalue weighted by atomic mass is 16.4. The Bertz CT molecular complexity index is 530. The number of hydrogen-bond donors (Lipinski definition) is 2. The van der Waals surface area contributed by atoms with Gasteiger partial charge in [-0.15, -0.1) is 0 Å². The van der Waals surface area contributed by atoms with Crippen LogP contribution in [0, 0.1) is 6.92 Å². The second-order valence-electron chi connectivity index (χ2n) is 5.74. The molecule has 0 amide bonds. The van der Waals surface area contributed by atoms with E-state index in [1.165, 1.54) is 0 Å². The summed E-state index contributed by atoms with van der Waals surface area (Å²) in [5.41, 5.74) is 1.61. The number of carbonyl (C=O) groups excluding carboxylic acids is 1. The molecular weight excluding hydrogens is 256 g/mol. The van der Waals surface area contributed by atoms with Crippen molar-refractivity contribution in [2.75, 3.05) is 0 Å². The van der Waals surface area contributed by atoms with E-state index in [0.717, 1.165) is 12.0 Å². The molecule has 0 aliphatic rings. The Balaban J connectivity index is 3.18. The first-order valence-corrected chi connectivity index (χ1v) is 6.78. The number of phenolic OH excluding ortho intramolecular Hbond substituents is 1. The first-order valence-electron chi connectivity index (χ1n) is 6.78. The topological polar surface area (TPSA) is 74.6 Å². The molecule has 0 aliphatic carbocycles. The molecular formula is C16H22O4. The molecule has 2 N–H and O–H groups in total. The van der Waals surface area contributed by atoms with E-state index >= 15 is 0 Å². The van der Waals surface area contributed by atoms with Crippen molar-refractivity contribution in [3.63, 3.8) is 0 Å². The van der Waals surface area contributed by atoms with E-state index in [1.54, 1.807) is 19.1 Å². The summed E-state index contributed by atoms with van der Waals surface area (Å²) in [6, 6.07) is 3.31. The number of carbonyl (C=O) groups is 2.